The third kappa shape index (κ3) is 2.73. The molecule has 0 fully saturated rings. The van der Waals surface area contributed by atoms with Gasteiger partial charge in [0.25, 0.3) is 0 Å². The van der Waals surface area contributed by atoms with E-state index in [1.165, 1.54) is 11.1 Å². The Morgan fingerprint density at radius 1 is 1.25 bits per heavy atom. The molecule has 2 aromatic heterocycles. The van der Waals surface area contributed by atoms with E-state index in [-0.39, 0.29) is 0 Å². The number of fused-ring (bicyclic) bond motifs is 1. The minimum absolute atomic E-state index is 0.787. The number of nitrogens with one attached hydrogen (secondary N) is 1. The van der Waals surface area contributed by atoms with Crippen LogP contribution in [0.4, 0.5) is 0 Å². The molecular weight excluding hydrogens is 316 g/mol. The first-order valence-corrected chi connectivity index (χ1v) is 7.23. The molecule has 0 saturated carbocycles. The quantitative estimate of drug-likeness (QED) is 0.799. The van der Waals surface area contributed by atoms with Gasteiger partial charge in [-0.25, -0.2) is 0 Å². The van der Waals surface area contributed by atoms with Crippen molar-refractivity contribution in [3.05, 3.63) is 58.5 Å². The Bertz CT molecular complexity index is 736. The first kappa shape index (κ1) is 13.3. The van der Waals surface area contributed by atoms with Crippen molar-refractivity contribution in [1.29, 1.82) is 0 Å². The summed E-state index contributed by atoms with van der Waals surface area (Å²) < 4.78 is 2.89. The number of halogens is 1. The summed E-state index contributed by atoms with van der Waals surface area (Å²) in [7, 11) is 1.93. The van der Waals surface area contributed by atoms with E-state index in [0.717, 1.165) is 28.5 Å². The first-order chi connectivity index (χ1) is 9.74. The van der Waals surface area contributed by atoms with Crippen LogP contribution in [0.15, 0.2) is 47.3 Å². The molecule has 3 aromatic rings. The van der Waals surface area contributed by atoms with Crippen molar-refractivity contribution in [3.8, 4) is 0 Å². The van der Waals surface area contributed by atoms with Gasteiger partial charge in [-0.3, -0.25) is 9.67 Å². The largest absolute Gasteiger partial charge is 0.308 e. The van der Waals surface area contributed by atoms with Crippen LogP contribution in [0.1, 0.15) is 11.1 Å². The van der Waals surface area contributed by atoms with Crippen LogP contribution in [0.25, 0.3) is 10.9 Å². The standard InChI is InChI=1S/C15H15BrN4/c1-20-10-11(8-19-20)7-17-9-12-4-5-14(16)13-3-2-6-18-15(12)13/h2-6,8,10,17H,7,9H2,1H3. The zero-order chi connectivity index (χ0) is 13.9. The second-order valence-corrected chi connectivity index (χ2v) is 5.59. The number of hydrogen-bond acceptors (Lipinski definition) is 3. The van der Waals surface area contributed by atoms with Gasteiger partial charge >= 0.3 is 0 Å². The van der Waals surface area contributed by atoms with Crippen LogP contribution in [0.5, 0.6) is 0 Å². The molecule has 20 heavy (non-hydrogen) atoms. The summed E-state index contributed by atoms with van der Waals surface area (Å²) in [5.41, 5.74) is 3.43. The topological polar surface area (TPSA) is 42.7 Å². The van der Waals surface area contributed by atoms with Gasteiger partial charge in [0.15, 0.2) is 0 Å². The van der Waals surface area contributed by atoms with Crippen molar-refractivity contribution in [3.63, 3.8) is 0 Å². The number of pyridine rings is 1. The van der Waals surface area contributed by atoms with Crippen molar-refractivity contribution in [2.24, 2.45) is 7.05 Å². The summed E-state index contributed by atoms with van der Waals surface area (Å²) >= 11 is 3.57. The molecule has 0 aliphatic rings. The highest BCUT2D eigenvalue weighted by Gasteiger charge is 2.05. The number of aryl methyl sites for hydroxylation is 1. The Kier molecular flexibility index (Phi) is 3.80. The minimum Gasteiger partial charge on any atom is -0.308 e. The molecule has 0 radical (unpaired) electrons. The summed E-state index contributed by atoms with van der Waals surface area (Å²) in [6, 6.07) is 8.22. The Labute approximate surface area is 126 Å². The van der Waals surface area contributed by atoms with Crippen molar-refractivity contribution in [1.82, 2.24) is 20.1 Å². The highest BCUT2D eigenvalue weighted by molar-refractivity contribution is 9.10. The molecule has 1 aromatic carbocycles. The second kappa shape index (κ2) is 5.73. The van der Waals surface area contributed by atoms with E-state index < -0.39 is 0 Å². The smallest absolute Gasteiger partial charge is 0.0758 e. The van der Waals surface area contributed by atoms with Crippen LogP contribution in [0.3, 0.4) is 0 Å². The third-order valence-electron chi connectivity index (χ3n) is 3.20. The average molecular weight is 331 g/mol. The monoisotopic (exact) mass is 330 g/mol. The van der Waals surface area contributed by atoms with Crippen LogP contribution < -0.4 is 5.32 Å². The fraction of sp³-hybridized carbons (Fsp3) is 0.200. The zero-order valence-electron chi connectivity index (χ0n) is 11.2. The number of nitrogens with zero attached hydrogens (tertiary/aromatic N) is 3. The zero-order valence-corrected chi connectivity index (χ0v) is 12.8. The fourth-order valence-corrected chi connectivity index (χ4v) is 2.70. The molecule has 0 atom stereocenters. The van der Waals surface area contributed by atoms with E-state index in [2.05, 4.69) is 49.5 Å². The first-order valence-electron chi connectivity index (χ1n) is 6.44. The van der Waals surface area contributed by atoms with Crippen molar-refractivity contribution in [2.75, 3.05) is 0 Å². The van der Waals surface area contributed by atoms with Gasteiger partial charge in [0, 0.05) is 48.0 Å². The van der Waals surface area contributed by atoms with Crippen LogP contribution in [0.2, 0.25) is 0 Å². The van der Waals surface area contributed by atoms with Gasteiger partial charge in [0.1, 0.15) is 0 Å². The molecule has 1 N–H and O–H groups in total. The lowest BCUT2D eigenvalue weighted by atomic mass is 10.1. The number of rotatable bonds is 4. The Morgan fingerprint density at radius 2 is 2.15 bits per heavy atom. The Morgan fingerprint density at radius 3 is 2.95 bits per heavy atom. The van der Waals surface area contributed by atoms with Crippen molar-refractivity contribution >= 4 is 26.8 Å². The summed E-state index contributed by atoms with van der Waals surface area (Å²) in [6.07, 6.45) is 5.73. The maximum Gasteiger partial charge on any atom is 0.0758 e. The van der Waals surface area contributed by atoms with Crippen LogP contribution in [-0.4, -0.2) is 14.8 Å². The van der Waals surface area contributed by atoms with Gasteiger partial charge in [0.2, 0.25) is 0 Å². The molecule has 0 aliphatic carbocycles. The Hall–Kier alpha value is -1.72. The SMILES string of the molecule is Cn1cc(CNCc2ccc(Br)c3cccnc23)cn1. The number of hydrogen-bond donors (Lipinski definition) is 1. The van der Waals surface area contributed by atoms with Crippen LogP contribution in [-0.2, 0) is 20.1 Å². The van der Waals surface area contributed by atoms with Crippen molar-refractivity contribution < 1.29 is 0 Å². The molecule has 0 aliphatic heterocycles. The normalized spacial score (nSPS) is 11.1. The van der Waals surface area contributed by atoms with Gasteiger partial charge < -0.3 is 5.32 Å². The summed E-state index contributed by atoms with van der Waals surface area (Å²) in [6.45, 7) is 1.59. The van der Waals surface area contributed by atoms with Gasteiger partial charge in [-0.1, -0.05) is 28.1 Å². The molecule has 5 heteroatoms. The molecule has 4 nitrogen and oxygen atoms in total. The van der Waals surface area contributed by atoms with E-state index in [9.17, 15) is 0 Å². The van der Waals surface area contributed by atoms with E-state index in [1.807, 2.05) is 36.4 Å². The molecule has 3 rings (SSSR count). The van der Waals surface area contributed by atoms with E-state index in [4.69, 9.17) is 0 Å². The van der Waals surface area contributed by atoms with E-state index >= 15 is 0 Å². The molecule has 0 saturated heterocycles. The van der Waals surface area contributed by atoms with Crippen molar-refractivity contribution in [2.45, 2.75) is 13.1 Å². The maximum atomic E-state index is 4.49. The lowest BCUT2D eigenvalue weighted by Crippen LogP contribution is -2.12. The fourth-order valence-electron chi connectivity index (χ4n) is 2.24. The highest BCUT2D eigenvalue weighted by Crippen LogP contribution is 2.25. The maximum absolute atomic E-state index is 4.49. The molecule has 0 spiro atoms. The van der Waals surface area contributed by atoms with Gasteiger partial charge in [-0.15, -0.1) is 0 Å². The second-order valence-electron chi connectivity index (χ2n) is 4.73. The number of benzene rings is 1. The van der Waals surface area contributed by atoms with Crippen LogP contribution >= 0.6 is 15.9 Å². The van der Waals surface area contributed by atoms with Gasteiger partial charge in [-0.2, -0.15) is 5.10 Å². The van der Waals surface area contributed by atoms with Crippen LogP contribution in [0, 0.1) is 0 Å². The molecule has 0 unspecified atom stereocenters. The summed E-state index contributed by atoms with van der Waals surface area (Å²) in [4.78, 5) is 4.49. The highest BCUT2D eigenvalue weighted by atomic mass is 79.9. The molecule has 102 valence electrons. The predicted octanol–water partition coefficient (Wildman–Crippen LogP) is 3.02. The lowest BCUT2D eigenvalue weighted by molar-refractivity contribution is 0.694. The predicted molar refractivity (Wildman–Crippen MR) is 83.2 cm³/mol. The molecular formula is C15H15BrN4. The van der Waals surface area contributed by atoms with E-state index in [0.29, 0.717) is 0 Å². The third-order valence-corrected chi connectivity index (χ3v) is 3.89. The van der Waals surface area contributed by atoms with E-state index in [1.54, 1.807) is 0 Å². The van der Waals surface area contributed by atoms with Gasteiger partial charge in [-0.05, 0) is 17.7 Å². The summed E-state index contributed by atoms with van der Waals surface area (Å²) in [5, 5.41) is 8.74. The summed E-state index contributed by atoms with van der Waals surface area (Å²) in [5.74, 6) is 0. The molecule has 2 heterocycles. The Balaban J connectivity index is 1.76. The molecule has 0 amide bonds. The number of aromatic nitrogens is 3. The minimum atomic E-state index is 0.787. The molecule has 0 bridgehead atoms. The average Bonchev–Trinajstić information content (AvgIpc) is 2.87. The lowest BCUT2D eigenvalue weighted by Gasteiger charge is -2.08. The van der Waals surface area contributed by atoms with Gasteiger partial charge in [0.05, 0.1) is 11.7 Å².